The highest BCUT2D eigenvalue weighted by Gasteiger charge is 2.30. The van der Waals surface area contributed by atoms with Gasteiger partial charge in [-0.2, -0.15) is 4.98 Å². The minimum atomic E-state index is -0.368. The first-order chi connectivity index (χ1) is 9.96. The highest BCUT2D eigenvalue weighted by Crippen LogP contribution is 2.33. The van der Waals surface area contributed by atoms with E-state index in [4.69, 9.17) is 10.3 Å². The minimum absolute atomic E-state index is 0.368. The highest BCUT2D eigenvalue weighted by molar-refractivity contribution is 9.10. The van der Waals surface area contributed by atoms with Crippen molar-refractivity contribution < 1.29 is 4.52 Å². The van der Waals surface area contributed by atoms with Crippen LogP contribution in [0.4, 0.5) is 5.69 Å². The van der Waals surface area contributed by atoms with Gasteiger partial charge in [0, 0.05) is 15.5 Å². The van der Waals surface area contributed by atoms with Gasteiger partial charge >= 0.3 is 0 Å². The van der Waals surface area contributed by atoms with Crippen LogP contribution in [0.3, 0.4) is 0 Å². The van der Waals surface area contributed by atoms with Gasteiger partial charge in [-0.05, 0) is 53.5 Å². The van der Waals surface area contributed by atoms with E-state index in [2.05, 4.69) is 39.9 Å². The number of halogens is 1. The van der Waals surface area contributed by atoms with Crippen molar-refractivity contribution in [2.75, 3.05) is 5.73 Å². The summed E-state index contributed by atoms with van der Waals surface area (Å²) in [7, 11) is 0. The van der Waals surface area contributed by atoms with E-state index in [0.717, 1.165) is 20.6 Å². The number of nitrogens with two attached hydrogens (primary N) is 1. The van der Waals surface area contributed by atoms with E-state index in [-0.39, 0.29) is 5.41 Å². The van der Waals surface area contributed by atoms with Crippen molar-refractivity contribution in [1.29, 1.82) is 0 Å². The van der Waals surface area contributed by atoms with Crippen molar-refractivity contribution in [1.82, 2.24) is 10.1 Å². The highest BCUT2D eigenvalue weighted by atomic mass is 79.9. The zero-order valence-electron chi connectivity index (χ0n) is 11.6. The topological polar surface area (TPSA) is 64.9 Å². The van der Waals surface area contributed by atoms with E-state index in [1.165, 1.54) is 0 Å². The molecule has 2 heterocycles. The first-order valence-electron chi connectivity index (χ1n) is 6.41. The van der Waals surface area contributed by atoms with E-state index < -0.39 is 0 Å². The second-order valence-electron chi connectivity index (χ2n) is 5.30. The van der Waals surface area contributed by atoms with E-state index >= 15 is 0 Å². The van der Waals surface area contributed by atoms with Crippen LogP contribution in [-0.2, 0) is 5.41 Å². The van der Waals surface area contributed by atoms with Crippen molar-refractivity contribution in [2.45, 2.75) is 19.3 Å². The molecule has 3 aromatic rings. The molecule has 0 atom stereocenters. The van der Waals surface area contributed by atoms with E-state index in [1.54, 1.807) is 11.3 Å². The number of nitrogens with zero attached hydrogens (tertiary/aromatic N) is 2. The molecule has 0 radical (unpaired) electrons. The molecular weight excluding hydrogens is 350 g/mol. The molecule has 6 heteroatoms. The predicted octanol–water partition coefficient (Wildman–Crippen LogP) is 4.47. The molecule has 0 bridgehead atoms. The average Bonchev–Trinajstić information content (AvgIpc) is 3.08. The summed E-state index contributed by atoms with van der Waals surface area (Å²) >= 11 is 5.01. The van der Waals surface area contributed by atoms with Gasteiger partial charge in [0.2, 0.25) is 11.7 Å². The van der Waals surface area contributed by atoms with E-state index in [9.17, 15) is 0 Å². The Balaban J connectivity index is 1.96. The van der Waals surface area contributed by atoms with Gasteiger partial charge in [-0.15, -0.1) is 11.3 Å². The lowest BCUT2D eigenvalue weighted by molar-refractivity contribution is 0.333. The number of benzene rings is 1. The van der Waals surface area contributed by atoms with Gasteiger partial charge in [-0.1, -0.05) is 17.3 Å². The number of anilines is 1. The fourth-order valence-electron chi connectivity index (χ4n) is 2.03. The van der Waals surface area contributed by atoms with Crippen LogP contribution in [-0.4, -0.2) is 10.1 Å². The molecule has 108 valence electrons. The molecule has 2 N–H and O–H groups in total. The zero-order chi connectivity index (χ0) is 15.0. The summed E-state index contributed by atoms with van der Waals surface area (Å²) in [6.45, 7) is 4.11. The summed E-state index contributed by atoms with van der Waals surface area (Å²) in [6, 6.07) is 9.72. The molecule has 0 aliphatic heterocycles. The number of thiophene rings is 1. The van der Waals surface area contributed by atoms with Crippen LogP contribution in [0, 0.1) is 0 Å². The Morgan fingerprint density at radius 2 is 1.95 bits per heavy atom. The van der Waals surface area contributed by atoms with Crippen LogP contribution in [0.1, 0.15) is 25.3 Å². The Hall–Kier alpha value is -1.66. The Kier molecular flexibility index (Phi) is 3.59. The summed E-state index contributed by atoms with van der Waals surface area (Å²) in [5, 5.41) is 6.08. The van der Waals surface area contributed by atoms with Crippen LogP contribution in [0.2, 0.25) is 0 Å². The largest absolute Gasteiger partial charge is 0.399 e. The summed E-state index contributed by atoms with van der Waals surface area (Å²) in [5.74, 6) is 1.20. The molecule has 0 spiro atoms. The maximum atomic E-state index is 5.74. The maximum Gasteiger partial charge on any atom is 0.237 e. The lowest BCUT2D eigenvalue weighted by atomic mass is 9.84. The smallest absolute Gasteiger partial charge is 0.237 e. The fraction of sp³-hybridized carbons (Fsp3) is 0.200. The van der Waals surface area contributed by atoms with Crippen molar-refractivity contribution in [3.05, 3.63) is 51.6 Å². The van der Waals surface area contributed by atoms with Gasteiger partial charge < -0.3 is 10.3 Å². The standard InChI is InChI=1S/C15H14BrN3OS/c1-15(2,9-3-5-11(17)6-4-9)14-18-13(19-20-14)12-7-10(16)8-21-12/h3-8H,17H2,1-2H3. The molecule has 0 unspecified atom stereocenters. The molecular formula is C15H14BrN3OS. The van der Waals surface area contributed by atoms with Crippen LogP contribution in [0.25, 0.3) is 10.7 Å². The van der Waals surface area contributed by atoms with Crippen LogP contribution in [0.5, 0.6) is 0 Å². The van der Waals surface area contributed by atoms with Crippen molar-refractivity contribution in [2.24, 2.45) is 0 Å². The van der Waals surface area contributed by atoms with Gasteiger partial charge in [0.1, 0.15) is 0 Å². The lowest BCUT2D eigenvalue weighted by Gasteiger charge is -2.20. The monoisotopic (exact) mass is 363 g/mol. The molecule has 0 saturated carbocycles. The normalized spacial score (nSPS) is 11.8. The third-order valence-electron chi connectivity index (χ3n) is 3.38. The molecule has 0 aliphatic rings. The van der Waals surface area contributed by atoms with Gasteiger partial charge in [0.05, 0.1) is 10.3 Å². The summed E-state index contributed by atoms with van der Waals surface area (Å²) in [5.41, 5.74) is 7.19. The Morgan fingerprint density at radius 3 is 2.57 bits per heavy atom. The summed E-state index contributed by atoms with van der Waals surface area (Å²) < 4.78 is 6.50. The van der Waals surface area contributed by atoms with Gasteiger partial charge in [-0.25, -0.2) is 0 Å². The molecule has 0 saturated heterocycles. The lowest BCUT2D eigenvalue weighted by Crippen LogP contribution is -2.19. The minimum Gasteiger partial charge on any atom is -0.399 e. The molecule has 21 heavy (non-hydrogen) atoms. The van der Waals surface area contributed by atoms with Gasteiger partial charge in [0.25, 0.3) is 0 Å². The predicted molar refractivity (Wildman–Crippen MR) is 88.3 cm³/mol. The first-order valence-corrected chi connectivity index (χ1v) is 8.09. The fourth-order valence-corrected chi connectivity index (χ4v) is 3.38. The maximum absolute atomic E-state index is 5.74. The molecule has 4 nitrogen and oxygen atoms in total. The molecule has 1 aromatic carbocycles. The first kappa shape index (κ1) is 14.3. The number of hydrogen-bond acceptors (Lipinski definition) is 5. The molecule has 3 rings (SSSR count). The van der Waals surface area contributed by atoms with Gasteiger partial charge in [0.15, 0.2) is 0 Å². The van der Waals surface area contributed by atoms with Crippen LogP contribution >= 0.6 is 27.3 Å². The SMILES string of the molecule is CC(C)(c1ccc(N)cc1)c1nc(-c2cc(Br)cs2)no1. The van der Waals surface area contributed by atoms with Crippen molar-refractivity contribution >= 4 is 33.0 Å². The Morgan fingerprint density at radius 1 is 1.24 bits per heavy atom. The zero-order valence-corrected chi connectivity index (χ0v) is 14.0. The quantitative estimate of drug-likeness (QED) is 0.697. The third kappa shape index (κ3) is 2.73. The Bertz CT molecular complexity index is 761. The molecule has 0 fully saturated rings. The number of aromatic nitrogens is 2. The average molecular weight is 364 g/mol. The van der Waals surface area contributed by atoms with Crippen LogP contribution < -0.4 is 5.73 Å². The number of nitrogen functional groups attached to an aromatic ring is 1. The second-order valence-corrected chi connectivity index (χ2v) is 7.13. The molecule has 0 aliphatic carbocycles. The third-order valence-corrected chi connectivity index (χ3v) is 5.07. The molecule has 2 aromatic heterocycles. The van der Waals surface area contributed by atoms with Crippen molar-refractivity contribution in [3.63, 3.8) is 0 Å². The van der Waals surface area contributed by atoms with Crippen LogP contribution in [0.15, 0.2) is 44.7 Å². The number of hydrogen-bond donors (Lipinski definition) is 1. The summed E-state index contributed by atoms with van der Waals surface area (Å²) in [4.78, 5) is 5.52. The van der Waals surface area contributed by atoms with Crippen molar-refractivity contribution in [3.8, 4) is 10.7 Å². The second kappa shape index (κ2) is 5.27. The Labute approximate surface area is 135 Å². The molecule has 0 amide bonds. The summed E-state index contributed by atoms with van der Waals surface area (Å²) in [6.07, 6.45) is 0. The van der Waals surface area contributed by atoms with E-state index in [1.807, 2.05) is 35.7 Å². The van der Waals surface area contributed by atoms with E-state index in [0.29, 0.717) is 11.7 Å². The number of rotatable bonds is 3. The van der Waals surface area contributed by atoms with Gasteiger partial charge in [-0.3, -0.25) is 0 Å².